The van der Waals surface area contributed by atoms with Gasteiger partial charge in [-0.1, -0.05) is 141 Å². The largest absolute Gasteiger partial charge is 0.296 e. The molecule has 2 nitrogen and oxygen atoms in total. The van der Waals surface area contributed by atoms with Crippen molar-refractivity contribution in [3.63, 3.8) is 0 Å². The number of benzene rings is 2. The van der Waals surface area contributed by atoms with Crippen LogP contribution < -0.4 is 8.97 Å². The fraction of sp³-hybridized carbons (Fsp3) is 0.707. The number of unbranched alkanes of at least 4 members (excludes halogenated alkanes) is 18. The molecule has 0 radical (unpaired) electrons. The van der Waals surface area contributed by atoms with Gasteiger partial charge in [-0.05, 0) is 67.5 Å². The fourth-order valence-electron chi connectivity index (χ4n) is 6.52. The smallest absolute Gasteiger partial charge is 0.132 e. The molecule has 2 heteroatoms. The number of hydrogen-bond acceptors (Lipinski definition) is 0. The first-order valence-electron chi connectivity index (χ1n) is 18.6. The Bertz CT molecular complexity index is 848. The number of nitrogens with zero attached hydrogens (tertiary/aromatic N) is 2. The monoisotopic (exact) mass is 593 g/mol. The van der Waals surface area contributed by atoms with Gasteiger partial charge in [0.2, 0.25) is 0 Å². The molecule has 2 rings (SSSR count). The molecule has 0 bridgehead atoms. The summed E-state index contributed by atoms with van der Waals surface area (Å²) >= 11 is 0. The van der Waals surface area contributed by atoms with Crippen LogP contribution in [0.15, 0.2) is 48.5 Å². The lowest BCUT2D eigenvalue weighted by Crippen LogP contribution is -2.41. The molecule has 2 aromatic rings. The quantitative estimate of drug-likeness (QED) is 0.0753. The topological polar surface area (TPSA) is 0 Å². The maximum atomic E-state index is 2.37. The van der Waals surface area contributed by atoms with Gasteiger partial charge in [0.1, 0.15) is 11.4 Å². The average Bonchev–Trinajstić information content (AvgIpc) is 2.99. The lowest BCUT2D eigenvalue weighted by molar-refractivity contribution is 0.380. The number of hydrogen-bond donors (Lipinski definition) is 0. The molecule has 0 amide bonds. The standard InChI is InChI=1S/C41H72N2/c1-7-9-11-13-15-17-19-21-23-25-35-42(3,4)40-31-27-38(28-32-40)37-39-29-33-41(34-30-39)43(5,6)36-26-24-22-20-18-16-14-12-10-8-2/h27-34H,7-26,35-37H2,1-6H3/q+2. The summed E-state index contributed by atoms with van der Waals surface area (Å²) in [4.78, 5) is 0. The van der Waals surface area contributed by atoms with Gasteiger partial charge >= 0.3 is 0 Å². The molecule has 0 spiro atoms. The van der Waals surface area contributed by atoms with Gasteiger partial charge in [-0.25, -0.2) is 0 Å². The minimum Gasteiger partial charge on any atom is -0.296 e. The second-order valence-electron chi connectivity index (χ2n) is 14.7. The Hall–Kier alpha value is -1.64. The van der Waals surface area contributed by atoms with Crippen LogP contribution in [0.4, 0.5) is 11.4 Å². The molecule has 0 fully saturated rings. The Labute approximate surface area is 269 Å². The fourth-order valence-corrected chi connectivity index (χ4v) is 6.52. The van der Waals surface area contributed by atoms with Crippen molar-refractivity contribution >= 4 is 11.4 Å². The first kappa shape index (κ1) is 37.5. The minimum absolute atomic E-state index is 0.984. The maximum absolute atomic E-state index is 2.37. The molecule has 43 heavy (non-hydrogen) atoms. The minimum atomic E-state index is 0.984. The van der Waals surface area contributed by atoms with E-state index in [9.17, 15) is 0 Å². The lowest BCUT2D eigenvalue weighted by atomic mass is 10.0. The van der Waals surface area contributed by atoms with Crippen LogP contribution in [0, 0.1) is 0 Å². The third-order valence-electron chi connectivity index (χ3n) is 9.82. The van der Waals surface area contributed by atoms with Crippen molar-refractivity contribution in [1.82, 2.24) is 8.97 Å². The molecule has 0 saturated heterocycles. The van der Waals surface area contributed by atoms with Crippen molar-refractivity contribution in [1.29, 1.82) is 0 Å². The van der Waals surface area contributed by atoms with Gasteiger partial charge in [0.25, 0.3) is 0 Å². The van der Waals surface area contributed by atoms with Gasteiger partial charge in [0.15, 0.2) is 0 Å². The van der Waals surface area contributed by atoms with Crippen LogP contribution in [-0.2, 0) is 6.42 Å². The average molecular weight is 593 g/mol. The summed E-state index contributed by atoms with van der Waals surface area (Å²) in [6, 6.07) is 18.9. The van der Waals surface area contributed by atoms with Crippen LogP contribution in [0.2, 0.25) is 0 Å². The maximum Gasteiger partial charge on any atom is 0.132 e. The number of quaternary nitrogens is 2. The van der Waals surface area contributed by atoms with Crippen LogP contribution in [0.25, 0.3) is 0 Å². The molecule has 244 valence electrons. The third-order valence-corrected chi connectivity index (χ3v) is 9.82. The van der Waals surface area contributed by atoms with Crippen molar-refractivity contribution in [2.45, 2.75) is 149 Å². The molecule has 0 unspecified atom stereocenters. The molecule has 2 aromatic carbocycles. The normalized spacial score (nSPS) is 12.2. The Morgan fingerprint density at radius 3 is 0.884 bits per heavy atom. The highest BCUT2D eigenvalue weighted by molar-refractivity contribution is 5.46. The van der Waals surface area contributed by atoms with E-state index in [0.717, 1.165) is 15.4 Å². The van der Waals surface area contributed by atoms with E-state index in [1.165, 1.54) is 164 Å². The molecule has 0 aliphatic carbocycles. The summed E-state index contributed by atoms with van der Waals surface area (Å²) < 4.78 is 1.97. The molecule has 0 heterocycles. The lowest BCUT2D eigenvalue weighted by Gasteiger charge is -2.30. The van der Waals surface area contributed by atoms with Gasteiger partial charge in [-0.15, -0.1) is 0 Å². The predicted octanol–water partition coefficient (Wildman–Crippen LogP) is 12.3. The predicted molar refractivity (Wildman–Crippen MR) is 196 cm³/mol. The summed E-state index contributed by atoms with van der Waals surface area (Å²) in [6.45, 7) is 7.05. The van der Waals surface area contributed by atoms with Gasteiger partial charge in [0, 0.05) is 0 Å². The molecular formula is C41H72N2+2. The third kappa shape index (κ3) is 16.3. The first-order valence-corrected chi connectivity index (χ1v) is 18.6. The summed E-state index contributed by atoms with van der Waals surface area (Å²) in [7, 11) is 9.49. The van der Waals surface area contributed by atoms with E-state index >= 15 is 0 Å². The van der Waals surface area contributed by atoms with Gasteiger partial charge < -0.3 is 0 Å². The summed E-state index contributed by atoms with van der Waals surface area (Å²) in [6.07, 6.45) is 29.1. The van der Waals surface area contributed by atoms with E-state index in [-0.39, 0.29) is 0 Å². The Morgan fingerprint density at radius 2 is 0.605 bits per heavy atom. The highest BCUT2D eigenvalue weighted by atomic mass is 15.3. The highest BCUT2D eigenvalue weighted by Crippen LogP contribution is 2.25. The van der Waals surface area contributed by atoms with E-state index in [2.05, 4.69) is 90.6 Å². The molecule has 0 aliphatic heterocycles. The molecule has 0 N–H and O–H groups in total. The van der Waals surface area contributed by atoms with Crippen molar-refractivity contribution in [2.24, 2.45) is 0 Å². The zero-order valence-electron chi connectivity index (χ0n) is 29.8. The van der Waals surface area contributed by atoms with Gasteiger partial charge in [-0.3, -0.25) is 8.97 Å². The van der Waals surface area contributed by atoms with E-state index < -0.39 is 0 Å². The summed E-state index contributed by atoms with van der Waals surface area (Å²) in [5.74, 6) is 0. The van der Waals surface area contributed by atoms with Gasteiger partial charge in [0.05, 0.1) is 41.3 Å². The highest BCUT2D eigenvalue weighted by Gasteiger charge is 2.19. The van der Waals surface area contributed by atoms with Crippen LogP contribution in [0.1, 0.15) is 153 Å². The van der Waals surface area contributed by atoms with E-state index in [4.69, 9.17) is 0 Å². The summed E-state index contributed by atoms with van der Waals surface area (Å²) in [5.41, 5.74) is 5.69. The van der Waals surface area contributed by atoms with Crippen molar-refractivity contribution in [2.75, 3.05) is 41.3 Å². The van der Waals surface area contributed by atoms with Crippen LogP contribution >= 0.6 is 0 Å². The van der Waals surface area contributed by atoms with E-state index in [0.29, 0.717) is 0 Å². The van der Waals surface area contributed by atoms with Crippen molar-refractivity contribution < 1.29 is 0 Å². The number of rotatable bonds is 26. The Balaban J connectivity index is 1.67. The van der Waals surface area contributed by atoms with Crippen LogP contribution in [0.5, 0.6) is 0 Å². The van der Waals surface area contributed by atoms with E-state index in [1.54, 1.807) is 0 Å². The molecule has 0 aliphatic rings. The Kier molecular flexibility index (Phi) is 19.2. The SMILES string of the molecule is CCCCCCCCCCCC[N+](C)(C)c1ccc(Cc2ccc([N+](C)(C)CCCCCCCCCCCC)cc2)cc1. The summed E-state index contributed by atoms with van der Waals surface area (Å²) in [5, 5.41) is 0. The molecule has 0 saturated carbocycles. The van der Waals surface area contributed by atoms with E-state index in [1.807, 2.05) is 0 Å². The molecular weight excluding hydrogens is 520 g/mol. The van der Waals surface area contributed by atoms with Crippen molar-refractivity contribution in [3.05, 3.63) is 59.7 Å². The second kappa shape index (κ2) is 22.0. The van der Waals surface area contributed by atoms with Crippen molar-refractivity contribution in [3.8, 4) is 0 Å². The van der Waals surface area contributed by atoms with Gasteiger partial charge in [-0.2, -0.15) is 0 Å². The second-order valence-corrected chi connectivity index (χ2v) is 14.7. The van der Waals surface area contributed by atoms with Crippen LogP contribution in [-0.4, -0.2) is 41.3 Å². The molecule has 0 atom stereocenters. The first-order chi connectivity index (χ1) is 20.8. The van der Waals surface area contributed by atoms with Crippen LogP contribution in [0.3, 0.4) is 0 Å². The molecule has 0 aromatic heterocycles. The Morgan fingerprint density at radius 1 is 0.349 bits per heavy atom. The zero-order chi connectivity index (χ0) is 31.2. The zero-order valence-corrected chi connectivity index (χ0v) is 29.8.